The fraction of sp³-hybridized carbons (Fsp3) is 0.250. The standard InChI is InChI=1S/C12H11N5O3S/c1-16-3-9(18)8(11(16)19)5-20-4-7-2-10(21)17-12(15-7)13-6-14-17/h2,5-6H,3-4H2,1H3,(H,13,14,15)/b8-5+. The topological polar surface area (TPSA) is 92.6 Å². The molecule has 0 bridgehead atoms. The number of nitrogens with zero attached hydrogens (tertiary/aromatic N) is 4. The van der Waals surface area contributed by atoms with Gasteiger partial charge in [-0.3, -0.25) is 14.7 Å². The van der Waals surface area contributed by atoms with E-state index in [-0.39, 0.29) is 30.4 Å². The van der Waals surface area contributed by atoms with Crippen molar-refractivity contribution in [3.05, 3.63) is 34.6 Å². The largest absolute Gasteiger partial charge is 0.494 e. The van der Waals surface area contributed by atoms with E-state index in [1.807, 2.05) is 0 Å². The Kier molecular flexibility index (Phi) is 3.26. The molecular weight excluding hydrogens is 294 g/mol. The summed E-state index contributed by atoms with van der Waals surface area (Å²) in [7, 11) is 1.56. The van der Waals surface area contributed by atoms with E-state index in [2.05, 4.69) is 15.1 Å². The summed E-state index contributed by atoms with van der Waals surface area (Å²) >= 11 is 5.17. The highest BCUT2D eigenvalue weighted by Crippen LogP contribution is 2.12. The minimum absolute atomic E-state index is 0.0475. The van der Waals surface area contributed by atoms with E-state index >= 15 is 0 Å². The zero-order valence-electron chi connectivity index (χ0n) is 11.1. The molecule has 9 heteroatoms. The van der Waals surface area contributed by atoms with Crippen LogP contribution in [-0.4, -0.2) is 49.8 Å². The Balaban J connectivity index is 1.76. The molecule has 108 valence electrons. The third-order valence-corrected chi connectivity index (χ3v) is 3.31. The van der Waals surface area contributed by atoms with Gasteiger partial charge in [0.05, 0.1) is 18.5 Å². The summed E-state index contributed by atoms with van der Waals surface area (Å²) in [5, 5.41) is 2.82. The molecule has 2 aromatic rings. The molecule has 0 unspecified atom stereocenters. The number of nitrogens with one attached hydrogen (secondary N) is 1. The first-order valence-electron chi connectivity index (χ1n) is 6.09. The van der Waals surface area contributed by atoms with Crippen LogP contribution >= 0.6 is 12.2 Å². The summed E-state index contributed by atoms with van der Waals surface area (Å²) in [6.45, 7) is 0.180. The van der Waals surface area contributed by atoms with Crippen LogP contribution in [0.3, 0.4) is 0 Å². The average molecular weight is 305 g/mol. The van der Waals surface area contributed by atoms with Crippen molar-refractivity contribution in [2.75, 3.05) is 13.6 Å². The van der Waals surface area contributed by atoms with Gasteiger partial charge in [0, 0.05) is 13.1 Å². The molecule has 1 aliphatic heterocycles. The molecule has 1 amide bonds. The van der Waals surface area contributed by atoms with Crippen LogP contribution < -0.4 is 0 Å². The quantitative estimate of drug-likeness (QED) is 0.378. The Morgan fingerprint density at radius 1 is 1.52 bits per heavy atom. The Morgan fingerprint density at radius 2 is 2.33 bits per heavy atom. The Labute approximate surface area is 124 Å². The molecule has 1 N–H and O–H groups in total. The molecule has 0 spiro atoms. The van der Waals surface area contributed by atoms with Crippen LogP contribution in [0.2, 0.25) is 0 Å². The van der Waals surface area contributed by atoms with Crippen LogP contribution in [0.15, 0.2) is 24.2 Å². The molecule has 1 fully saturated rings. The summed E-state index contributed by atoms with van der Waals surface area (Å²) in [5.74, 6) is -0.158. The van der Waals surface area contributed by atoms with Crippen molar-refractivity contribution < 1.29 is 14.3 Å². The lowest BCUT2D eigenvalue weighted by molar-refractivity contribution is -0.123. The molecule has 2 aromatic heterocycles. The van der Waals surface area contributed by atoms with Gasteiger partial charge in [0.15, 0.2) is 5.78 Å². The van der Waals surface area contributed by atoms with Crippen LogP contribution in [-0.2, 0) is 20.9 Å². The second-order valence-electron chi connectivity index (χ2n) is 4.54. The molecule has 1 saturated heterocycles. The molecule has 0 atom stereocenters. The highest BCUT2D eigenvalue weighted by atomic mass is 32.1. The molecular formula is C12H11N5O3S. The third-order valence-electron chi connectivity index (χ3n) is 3.01. The maximum absolute atomic E-state index is 11.7. The van der Waals surface area contributed by atoms with Gasteiger partial charge in [-0.2, -0.15) is 0 Å². The van der Waals surface area contributed by atoms with Gasteiger partial charge in [0.25, 0.3) is 11.7 Å². The van der Waals surface area contributed by atoms with Crippen LogP contribution in [0.1, 0.15) is 5.69 Å². The lowest BCUT2D eigenvalue weighted by Gasteiger charge is -2.04. The van der Waals surface area contributed by atoms with Crippen molar-refractivity contribution in [2.24, 2.45) is 0 Å². The minimum atomic E-state index is -0.338. The van der Waals surface area contributed by atoms with Crippen LogP contribution in [0.4, 0.5) is 0 Å². The number of ether oxygens (including phenoxy) is 1. The van der Waals surface area contributed by atoms with Gasteiger partial charge < -0.3 is 9.64 Å². The molecule has 1 aliphatic rings. The second-order valence-corrected chi connectivity index (χ2v) is 4.95. The molecule has 0 aromatic carbocycles. The Hall–Kier alpha value is -2.55. The SMILES string of the molecule is CN1CC(=O)/C(=C\OCc2cc(=S)n3[nH]cnc3n2)C1=O. The summed E-state index contributed by atoms with van der Waals surface area (Å²) in [5.41, 5.74) is 0.613. The number of Topliss-reactive ketones (excluding diaryl/α,β-unsaturated/α-hetero) is 1. The van der Waals surface area contributed by atoms with E-state index in [0.29, 0.717) is 16.1 Å². The number of carbonyl (C=O) groups excluding carboxylic acids is 2. The highest BCUT2D eigenvalue weighted by Gasteiger charge is 2.31. The number of aromatic amines is 1. The van der Waals surface area contributed by atoms with Gasteiger partial charge in [0.1, 0.15) is 23.1 Å². The van der Waals surface area contributed by atoms with Crippen molar-refractivity contribution in [1.29, 1.82) is 0 Å². The first-order valence-corrected chi connectivity index (χ1v) is 6.49. The number of likely N-dealkylation sites (tertiary alicyclic amines) is 1. The first kappa shape index (κ1) is 13.4. The summed E-state index contributed by atoms with van der Waals surface area (Å²) in [4.78, 5) is 32.8. The van der Waals surface area contributed by atoms with Crippen LogP contribution in [0.25, 0.3) is 5.78 Å². The average Bonchev–Trinajstić information content (AvgIpc) is 2.99. The van der Waals surface area contributed by atoms with Crippen LogP contribution in [0.5, 0.6) is 0 Å². The first-order chi connectivity index (χ1) is 10.1. The number of hydrogen-bond acceptors (Lipinski definition) is 6. The van der Waals surface area contributed by atoms with E-state index < -0.39 is 0 Å². The highest BCUT2D eigenvalue weighted by molar-refractivity contribution is 7.71. The second kappa shape index (κ2) is 5.09. The summed E-state index contributed by atoms with van der Waals surface area (Å²) < 4.78 is 7.35. The predicted octanol–water partition coefficient (Wildman–Crippen LogP) is 0.228. The Bertz CT molecular complexity index is 822. The third kappa shape index (κ3) is 2.42. The van der Waals surface area contributed by atoms with Crippen LogP contribution in [0, 0.1) is 4.64 Å². The zero-order chi connectivity index (χ0) is 15.0. The molecule has 0 aliphatic carbocycles. The van der Waals surface area contributed by atoms with Gasteiger partial charge in [0.2, 0.25) is 0 Å². The monoisotopic (exact) mass is 305 g/mol. The number of rotatable bonds is 3. The van der Waals surface area contributed by atoms with Gasteiger partial charge >= 0.3 is 0 Å². The van der Waals surface area contributed by atoms with Gasteiger partial charge in [-0.05, 0) is 0 Å². The number of aromatic nitrogens is 4. The smallest absolute Gasteiger partial charge is 0.260 e. The minimum Gasteiger partial charge on any atom is -0.494 e. The lowest BCUT2D eigenvalue weighted by atomic mass is 10.2. The molecule has 0 saturated carbocycles. The van der Waals surface area contributed by atoms with Crippen molar-refractivity contribution >= 4 is 29.7 Å². The van der Waals surface area contributed by atoms with Crippen molar-refractivity contribution in [2.45, 2.75) is 6.61 Å². The fourth-order valence-corrected chi connectivity index (χ4v) is 2.24. The Morgan fingerprint density at radius 3 is 3.05 bits per heavy atom. The van der Waals surface area contributed by atoms with E-state index in [4.69, 9.17) is 17.0 Å². The van der Waals surface area contributed by atoms with Gasteiger partial charge in [-0.1, -0.05) is 12.2 Å². The number of likely N-dealkylation sites (N-methyl/N-ethyl adjacent to an activating group) is 1. The van der Waals surface area contributed by atoms with Gasteiger partial charge in [-0.25, -0.2) is 14.5 Å². The van der Waals surface area contributed by atoms with Crippen molar-refractivity contribution in [1.82, 2.24) is 24.5 Å². The molecule has 3 rings (SSSR count). The fourth-order valence-electron chi connectivity index (χ4n) is 1.97. The molecule has 21 heavy (non-hydrogen) atoms. The zero-order valence-corrected chi connectivity index (χ0v) is 11.9. The van der Waals surface area contributed by atoms with E-state index in [1.54, 1.807) is 17.6 Å². The van der Waals surface area contributed by atoms with E-state index in [9.17, 15) is 9.59 Å². The maximum Gasteiger partial charge on any atom is 0.260 e. The number of H-pyrrole nitrogens is 1. The summed E-state index contributed by atoms with van der Waals surface area (Å²) in [6.07, 6.45) is 2.66. The number of hydrogen-bond donors (Lipinski definition) is 1. The van der Waals surface area contributed by atoms with Crippen molar-refractivity contribution in [3.63, 3.8) is 0 Å². The molecule has 3 heterocycles. The van der Waals surface area contributed by atoms with E-state index in [1.165, 1.54) is 17.5 Å². The van der Waals surface area contributed by atoms with Crippen molar-refractivity contribution in [3.8, 4) is 0 Å². The predicted molar refractivity (Wildman–Crippen MR) is 73.7 cm³/mol. The number of ketones is 1. The molecule has 8 nitrogen and oxygen atoms in total. The van der Waals surface area contributed by atoms with Gasteiger partial charge in [-0.15, -0.1) is 0 Å². The summed E-state index contributed by atoms with van der Waals surface area (Å²) in [6, 6.07) is 1.66. The number of fused-ring (bicyclic) bond motifs is 1. The maximum atomic E-state index is 11.7. The normalized spacial score (nSPS) is 17.2. The lowest BCUT2D eigenvalue weighted by Crippen LogP contribution is -2.19. The van der Waals surface area contributed by atoms with E-state index in [0.717, 1.165) is 0 Å². The number of carbonyl (C=O) groups is 2. The molecule has 0 radical (unpaired) electrons. The number of amides is 1.